The molecular formula is C32H20O10. The Hall–Kier alpha value is -6.03. The number of rotatable bonds is 5. The first-order valence-electron chi connectivity index (χ1n) is 12.6. The molecule has 0 aliphatic carbocycles. The van der Waals surface area contributed by atoms with E-state index in [0.29, 0.717) is 0 Å². The number of carbonyl (C=O) groups is 1. The van der Waals surface area contributed by atoms with E-state index in [1.807, 2.05) is 0 Å². The van der Waals surface area contributed by atoms with Crippen LogP contribution in [0.25, 0.3) is 21.9 Å². The summed E-state index contributed by atoms with van der Waals surface area (Å²) in [5.41, 5.74) is -2.21. The number of hydrogen-bond donors (Lipinski definition) is 4. The van der Waals surface area contributed by atoms with Gasteiger partial charge in [0.15, 0.2) is 0 Å². The number of phenols is 2. The normalized spacial score (nSPS) is 11.3. The molecule has 10 heteroatoms. The van der Waals surface area contributed by atoms with Crippen LogP contribution in [0, 0.1) is 0 Å². The number of hydrogen-bond acceptors (Lipinski definition) is 10. The zero-order chi connectivity index (χ0) is 29.5. The molecule has 6 aromatic rings. The molecule has 2 aromatic heterocycles. The molecule has 0 saturated heterocycles. The van der Waals surface area contributed by atoms with Crippen LogP contribution in [0.4, 0.5) is 0 Å². The summed E-state index contributed by atoms with van der Waals surface area (Å²) in [6.07, 6.45) is 0. The van der Waals surface area contributed by atoms with Gasteiger partial charge in [-0.25, -0.2) is 14.4 Å². The highest BCUT2D eigenvalue weighted by molar-refractivity contribution is 5.94. The lowest BCUT2D eigenvalue weighted by atomic mass is 9.84. The molecular weight excluding hydrogens is 544 g/mol. The van der Waals surface area contributed by atoms with Gasteiger partial charge in [0.05, 0.1) is 27.8 Å². The topological polar surface area (TPSA) is 168 Å². The maximum absolute atomic E-state index is 13.3. The van der Waals surface area contributed by atoms with Gasteiger partial charge in [-0.15, -0.1) is 0 Å². The smallest absolute Gasteiger partial charge is 0.347 e. The molecule has 0 radical (unpaired) electrons. The van der Waals surface area contributed by atoms with Gasteiger partial charge in [-0.1, -0.05) is 36.4 Å². The van der Waals surface area contributed by atoms with E-state index in [9.17, 15) is 34.8 Å². The van der Waals surface area contributed by atoms with Gasteiger partial charge in [0.1, 0.15) is 45.5 Å². The molecule has 0 bridgehead atoms. The van der Waals surface area contributed by atoms with Crippen molar-refractivity contribution in [1.29, 1.82) is 0 Å². The van der Waals surface area contributed by atoms with Crippen LogP contribution in [-0.2, 0) is 0 Å². The predicted molar refractivity (Wildman–Crippen MR) is 150 cm³/mol. The van der Waals surface area contributed by atoms with Gasteiger partial charge in [-0.3, -0.25) is 0 Å². The summed E-state index contributed by atoms with van der Waals surface area (Å²) in [5.74, 6) is -3.83. The van der Waals surface area contributed by atoms with E-state index < -0.39 is 40.4 Å². The first-order chi connectivity index (χ1) is 20.2. The Morgan fingerprint density at radius 1 is 0.667 bits per heavy atom. The molecule has 0 unspecified atom stereocenters. The monoisotopic (exact) mass is 564 g/mol. The number of benzene rings is 4. The third-order valence-electron chi connectivity index (χ3n) is 6.84. The zero-order valence-corrected chi connectivity index (χ0v) is 21.5. The Labute approximate surface area is 235 Å². The van der Waals surface area contributed by atoms with Crippen molar-refractivity contribution in [3.63, 3.8) is 0 Å². The second-order valence-electron chi connectivity index (χ2n) is 9.39. The van der Waals surface area contributed by atoms with Gasteiger partial charge >= 0.3 is 17.2 Å². The Balaban J connectivity index is 1.51. The summed E-state index contributed by atoms with van der Waals surface area (Å²) >= 11 is 0. The maximum Gasteiger partial charge on any atom is 0.347 e. The summed E-state index contributed by atoms with van der Waals surface area (Å²) in [6, 6.07) is 21.6. The number of aromatic hydroxyl groups is 4. The van der Waals surface area contributed by atoms with E-state index in [0.717, 1.165) is 6.07 Å². The van der Waals surface area contributed by atoms with Gasteiger partial charge in [-0.05, 0) is 54.1 Å². The molecule has 0 atom stereocenters. The average Bonchev–Trinajstić information content (AvgIpc) is 2.96. The van der Waals surface area contributed by atoms with E-state index >= 15 is 0 Å². The molecule has 0 spiro atoms. The van der Waals surface area contributed by atoms with Crippen molar-refractivity contribution < 1.29 is 38.8 Å². The van der Waals surface area contributed by atoms with Crippen LogP contribution in [0.5, 0.6) is 28.7 Å². The Kier molecular flexibility index (Phi) is 6.35. The second-order valence-corrected chi connectivity index (χ2v) is 9.39. The third-order valence-corrected chi connectivity index (χ3v) is 6.84. The summed E-state index contributed by atoms with van der Waals surface area (Å²) in [6.45, 7) is 0. The van der Waals surface area contributed by atoms with Crippen LogP contribution in [0.15, 0.2) is 109 Å². The lowest BCUT2D eigenvalue weighted by Crippen LogP contribution is -2.21. The summed E-state index contributed by atoms with van der Waals surface area (Å²) < 4.78 is 16.3. The van der Waals surface area contributed by atoms with Gasteiger partial charge in [-0.2, -0.15) is 0 Å². The van der Waals surface area contributed by atoms with E-state index in [2.05, 4.69) is 0 Å². The molecule has 4 N–H and O–H groups in total. The standard InChI is InChI=1S/C32H20O10/c33-17-11-14-19(22(34)15-17)30(37)40-18-12-9-16(10-13-18)25(26-28(35)20-5-1-3-7-23(20)41-31(26)38)27-29(36)21-6-2-4-8-24(21)42-32(27)39/h1-15,25,33-36H. The van der Waals surface area contributed by atoms with E-state index in [-0.39, 0.29) is 55.7 Å². The predicted octanol–water partition coefficient (Wildman–Crippen LogP) is 5.12. The Bertz CT molecular complexity index is 2020. The number of para-hydroxylation sites is 2. The molecule has 10 nitrogen and oxygen atoms in total. The van der Waals surface area contributed by atoms with E-state index in [1.165, 1.54) is 60.7 Å². The van der Waals surface area contributed by atoms with Crippen LogP contribution in [0.2, 0.25) is 0 Å². The van der Waals surface area contributed by atoms with Crippen molar-refractivity contribution in [2.75, 3.05) is 0 Å². The number of esters is 1. The summed E-state index contributed by atoms with van der Waals surface area (Å²) in [4.78, 5) is 39.2. The molecule has 0 aliphatic rings. The minimum Gasteiger partial charge on any atom is -0.508 e. The maximum atomic E-state index is 13.3. The Morgan fingerprint density at radius 2 is 1.19 bits per heavy atom. The highest BCUT2D eigenvalue weighted by Gasteiger charge is 2.32. The molecule has 4 aromatic carbocycles. The van der Waals surface area contributed by atoms with Crippen LogP contribution >= 0.6 is 0 Å². The van der Waals surface area contributed by atoms with Gasteiger partial charge in [0, 0.05) is 6.07 Å². The van der Waals surface area contributed by atoms with Gasteiger partial charge in [0.25, 0.3) is 0 Å². The fraction of sp³-hybridized carbons (Fsp3) is 0.0312. The largest absolute Gasteiger partial charge is 0.508 e. The van der Waals surface area contributed by atoms with Crippen LogP contribution in [0.1, 0.15) is 33.0 Å². The molecule has 0 fully saturated rings. The third kappa shape index (κ3) is 4.46. The SMILES string of the molecule is O=C(Oc1ccc(C(c2c(O)c3ccccc3oc2=O)c2c(O)c3ccccc3oc2=O)cc1)c1ccc(O)cc1O. The number of fused-ring (bicyclic) bond motifs is 2. The van der Waals surface area contributed by atoms with Crippen molar-refractivity contribution in [1.82, 2.24) is 0 Å². The molecule has 6 rings (SSSR count). The first kappa shape index (κ1) is 26.2. The molecule has 208 valence electrons. The van der Waals surface area contributed by atoms with Crippen molar-refractivity contribution >= 4 is 27.9 Å². The lowest BCUT2D eigenvalue weighted by molar-refractivity contribution is 0.0731. The van der Waals surface area contributed by atoms with Crippen LogP contribution in [-0.4, -0.2) is 26.4 Å². The van der Waals surface area contributed by atoms with Crippen LogP contribution in [0.3, 0.4) is 0 Å². The highest BCUT2D eigenvalue weighted by atomic mass is 16.5. The molecule has 0 saturated carbocycles. The fourth-order valence-corrected chi connectivity index (χ4v) is 4.87. The summed E-state index contributed by atoms with van der Waals surface area (Å²) in [5, 5.41) is 42.4. The average molecular weight is 565 g/mol. The van der Waals surface area contributed by atoms with Crippen molar-refractivity contribution in [2.24, 2.45) is 0 Å². The quantitative estimate of drug-likeness (QED) is 0.125. The summed E-state index contributed by atoms with van der Waals surface area (Å²) in [7, 11) is 0. The van der Waals surface area contributed by atoms with Gasteiger partial charge < -0.3 is 34.0 Å². The van der Waals surface area contributed by atoms with Crippen molar-refractivity contribution in [2.45, 2.75) is 5.92 Å². The number of ether oxygens (including phenoxy) is 1. The van der Waals surface area contributed by atoms with Crippen molar-refractivity contribution in [3.05, 3.63) is 134 Å². The number of phenolic OH excluding ortho intramolecular Hbond substituents is 2. The van der Waals surface area contributed by atoms with Gasteiger partial charge in [0.2, 0.25) is 0 Å². The second kappa shape index (κ2) is 10.2. The van der Waals surface area contributed by atoms with Crippen LogP contribution < -0.4 is 16.0 Å². The minimum absolute atomic E-state index is 0.0412. The molecule has 0 amide bonds. The molecule has 2 heterocycles. The lowest BCUT2D eigenvalue weighted by Gasteiger charge is -2.20. The fourth-order valence-electron chi connectivity index (χ4n) is 4.87. The number of carbonyl (C=O) groups excluding carboxylic acids is 1. The molecule has 0 aliphatic heterocycles. The highest BCUT2D eigenvalue weighted by Crippen LogP contribution is 2.42. The minimum atomic E-state index is -1.36. The van der Waals surface area contributed by atoms with Crippen molar-refractivity contribution in [3.8, 4) is 28.7 Å². The van der Waals surface area contributed by atoms with E-state index in [4.69, 9.17) is 13.6 Å². The Morgan fingerprint density at radius 3 is 1.71 bits per heavy atom. The van der Waals surface area contributed by atoms with E-state index in [1.54, 1.807) is 24.3 Å². The first-order valence-corrected chi connectivity index (χ1v) is 12.6. The molecule has 42 heavy (non-hydrogen) atoms. The zero-order valence-electron chi connectivity index (χ0n) is 21.5.